The molecule has 64 heavy (non-hydrogen) atoms. The van der Waals surface area contributed by atoms with Crippen LogP contribution in [0.5, 0.6) is 0 Å². The molecule has 12 rings (SSSR count). The molecule has 11 aromatic carbocycles. The molecular formula is C62H42N2. The summed E-state index contributed by atoms with van der Waals surface area (Å²) in [6.45, 7) is 0. The monoisotopic (exact) mass is 814 g/mol. The normalized spacial score (nSPS) is 11.4. The third-order valence-corrected chi connectivity index (χ3v) is 12.7. The highest BCUT2D eigenvalue weighted by atomic mass is 15.1. The largest absolute Gasteiger partial charge is 0.310 e. The van der Waals surface area contributed by atoms with Crippen LogP contribution in [-0.2, 0) is 0 Å². The van der Waals surface area contributed by atoms with Gasteiger partial charge in [-0.05, 0) is 127 Å². The number of benzene rings is 11. The van der Waals surface area contributed by atoms with E-state index in [1.165, 1.54) is 60.1 Å². The molecule has 0 aliphatic rings. The van der Waals surface area contributed by atoms with Gasteiger partial charge in [0, 0.05) is 33.4 Å². The van der Waals surface area contributed by atoms with Crippen LogP contribution >= 0.6 is 0 Å². The fourth-order valence-corrected chi connectivity index (χ4v) is 9.58. The van der Waals surface area contributed by atoms with Gasteiger partial charge in [0.2, 0.25) is 0 Å². The van der Waals surface area contributed by atoms with E-state index in [1.54, 1.807) is 0 Å². The van der Waals surface area contributed by atoms with Gasteiger partial charge in [0.25, 0.3) is 0 Å². The molecule has 1 aromatic heterocycles. The second kappa shape index (κ2) is 15.8. The fourth-order valence-electron chi connectivity index (χ4n) is 9.58. The van der Waals surface area contributed by atoms with Gasteiger partial charge in [0.1, 0.15) is 0 Å². The lowest BCUT2D eigenvalue weighted by molar-refractivity contribution is 1.18. The predicted octanol–water partition coefficient (Wildman–Crippen LogP) is 17.2. The van der Waals surface area contributed by atoms with Crippen molar-refractivity contribution in [1.82, 2.24) is 4.57 Å². The Morgan fingerprint density at radius 3 is 1.47 bits per heavy atom. The predicted molar refractivity (Wildman–Crippen MR) is 272 cm³/mol. The Bertz CT molecular complexity index is 3560. The highest BCUT2D eigenvalue weighted by Gasteiger charge is 2.22. The zero-order valence-electron chi connectivity index (χ0n) is 35.1. The number of nitrogens with zero attached hydrogens (tertiary/aromatic N) is 2. The molecule has 300 valence electrons. The first-order valence-electron chi connectivity index (χ1n) is 22.0. The smallest absolute Gasteiger partial charge is 0.0561 e. The van der Waals surface area contributed by atoms with E-state index in [-0.39, 0.29) is 0 Å². The highest BCUT2D eigenvalue weighted by molar-refractivity contribution is 6.10. The van der Waals surface area contributed by atoms with Crippen molar-refractivity contribution in [3.8, 4) is 50.2 Å². The molecule has 2 heteroatoms. The molecule has 0 atom stereocenters. The molecule has 0 saturated carbocycles. The van der Waals surface area contributed by atoms with Crippen LogP contribution in [0.25, 0.3) is 93.5 Å². The SMILES string of the molecule is c1ccc(-c2ccc(-c3ccccc3N(c3cc(-c4ccc5ccccc5c4)cc(-c4ccc5ccccc5c4)c3)c3ccc4c5ccccc5n(-c5ccccc5)c4c3)cc2)cc1. The molecule has 12 aromatic rings. The van der Waals surface area contributed by atoms with Crippen LogP contribution in [0.4, 0.5) is 17.1 Å². The molecule has 0 N–H and O–H groups in total. The molecule has 1 heterocycles. The Labute approximate surface area is 373 Å². The molecule has 0 unspecified atom stereocenters. The van der Waals surface area contributed by atoms with Gasteiger partial charge in [-0.3, -0.25) is 0 Å². The molecule has 0 amide bonds. The number of hydrogen-bond acceptors (Lipinski definition) is 1. The first kappa shape index (κ1) is 37.3. The number of rotatable bonds is 8. The van der Waals surface area contributed by atoms with Crippen LogP contribution in [0.2, 0.25) is 0 Å². The van der Waals surface area contributed by atoms with Gasteiger partial charge >= 0.3 is 0 Å². The van der Waals surface area contributed by atoms with E-state index >= 15 is 0 Å². The van der Waals surface area contributed by atoms with Gasteiger partial charge in [0.05, 0.1) is 16.7 Å². The molecule has 0 radical (unpaired) electrons. The molecule has 0 aliphatic heterocycles. The Kier molecular flexibility index (Phi) is 9.20. The zero-order chi connectivity index (χ0) is 42.4. The number of hydrogen-bond donors (Lipinski definition) is 0. The lowest BCUT2D eigenvalue weighted by atomic mass is 9.94. The molecule has 0 fully saturated rings. The molecule has 2 nitrogen and oxygen atoms in total. The van der Waals surface area contributed by atoms with Gasteiger partial charge < -0.3 is 9.47 Å². The van der Waals surface area contributed by atoms with Crippen molar-refractivity contribution in [1.29, 1.82) is 0 Å². The van der Waals surface area contributed by atoms with E-state index in [0.717, 1.165) is 50.5 Å². The Hall–Kier alpha value is -8.46. The minimum absolute atomic E-state index is 1.07. The third kappa shape index (κ3) is 6.70. The topological polar surface area (TPSA) is 8.17 Å². The molecule has 0 spiro atoms. The maximum atomic E-state index is 2.47. The summed E-state index contributed by atoms with van der Waals surface area (Å²) in [5.41, 5.74) is 16.1. The first-order chi connectivity index (χ1) is 31.7. The summed E-state index contributed by atoms with van der Waals surface area (Å²) >= 11 is 0. The molecule has 0 saturated heterocycles. The van der Waals surface area contributed by atoms with E-state index in [2.05, 4.69) is 264 Å². The van der Waals surface area contributed by atoms with E-state index < -0.39 is 0 Å². The summed E-state index contributed by atoms with van der Waals surface area (Å²) in [5, 5.41) is 7.35. The number of anilines is 3. The van der Waals surface area contributed by atoms with Gasteiger partial charge in [0.15, 0.2) is 0 Å². The Morgan fingerprint density at radius 2 is 0.781 bits per heavy atom. The van der Waals surface area contributed by atoms with Crippen LogP contribution < -0.4 is 4.90 Å². The van der Waals surface area contributed by atoms with Crippen LogP contribution in [-0.4, -0.2) is 4.57 Å². The fraction of sp³-hybridized carbons (Fsp3) is 0. The maximum Gasteiger partial charge on any atom is 0.0561 e. The second-order valence-electron chi connectivity index (χ2n) is 16.6. The van der Waals surface area contributed by atoms with E-state index in [4.69, 9.17) is 0 Å². The Morgan fingerprint density at radius 1 is 0.266 bits per heavy atom. The van der Waals surface area contributed by atoms with Crippen LogP contribution in [0.15, 0.2) is 255 Å². The molecule has 0 aliphatic carbocycles. The molecule has 0 bridgehead atoms. The average Bonchev–Trinajstić information content (AvgIpc) is 3.70. The summed E-state index contributed by atoms with van der Waals surface area (Å²) in [4.78, 5) is 2.47. The minimum atomic E-state index is 1.07. The van der Waals surface area contributed by atoms with Crippen molar-refractivity contribution in [2.75, 3.05) is 4.90 Å². The van der Waals surface area contributed by atoms with Crippen molar-refractivity contribution in [2.24, 2.45) is 0 Å². The minimum Gasteiger partial charge on any atom is -0.310 e. The summed E-state index contributed by atoms with van der Waals surface area (Å²) in [7, 11) is 0. The van der Waals surface area contributed by atoms with Gasteiger partial charge in [-0.1, -0.05) is 188 Å². The summed E-state index contributed by atoms with van der Waals surface area (Å²) in [6.07, 6.45) is 0. The van der Waals surface area contributed by atoms with Crippen molar-refractivity contribution >= 4 is 60.4 Å². The zero-order valence-corrected chi connectivity index (χ0v) is 35.1. The van der Waals surface area contributed by atoms with Gasteiger partial charge in [-0.15, -0.1) is 0 Å². The van der Waals surface area contributed by atoms with Crippen LogP contribution in [0, 0.1) is 0 Å². The summed E-state index contributed by atoms with van der Waals surface area (Å²) in [6, 6.07) is 93.0. The lowest BCUT2D eigenvalue weighted by Crippen LogP contribution is -2.12. The van der Waals surface area contributed by atoms with E-state index in [0.29, 0.717) is 0 Å². The number of para-hydroxylation sites is 3. The lowest BCUT2D eigenvalue weighted by Gasteiger charge is -2.29. The highest BCUT2D eigenvalue weighted by Crippen LogP contribution is 2.46. The van der Waals surface area contributed by atoms with Crippen LogP contribution in [0.1, 0.15) is 0 Å². The number of fused-ring (bicyclic) bond motifs is 5. The van der Waals surface area contributed by atoms with Crippen molar-refractivity contribution in [3.63, 3.8) is 0 Å². The molecular weight excluding hydrogens is 773 g/mol. The van der Waals surface area contributed by atoms with Crippen molar-refractivity contribution in [2.45, 2.75) is 0 Å². The summed E-state index contributed by atoms with van der Waals surface area (Å²) in [5.74, 6) is 0. The van der Waals surface area contributed by atoms with Gasteiger partial charge in [-0.25, -0.2) is 0 Å². The summed E-state index contributed by atoms with van der Waals surface area (Å²) < 4.78 is 2.41. The van der Waals surface area contributed by atoms with E-state index in [9.17, 15) is 0 Å². The standard InChI is InChI=1S/C62H42N2/c1-3-15-43(16-4-1)46-27-31-47(32-28-46)57-23-11-13-25-60(57)63(55-35-36-59-58-24-12-14-26-61(58)64(62(59)42-55)54-21-5-2-6-22-54)56-40-52(50-33-29-44-17-7-9-19-48(44)37-50)39-53(41-56)51-34-30-45-18-8-10-20-49(45)38-51/h1-42H. The Balaban J connectivity index is 1.12. The van der Waals surface area contributed by atoms with E-state index in [1.807, 2.05) is 0 Å². The average molecular weight is 815 g/mol. The van der Waals surface area contributed by atoms with Crippen molar-refractivity contribution in [3.05, 3.63) is 255 Å². The number of aromatic nitrogens is 1. The first-order valence-corrected chi connectivity index (χ1v) is 22.0. The quantitative estimate of drug-likeness (QED) is 0.148. The maximum absolute atomic E-state index is 2.47. The van der Waals surface area contributed by atoms with Crippen LogP contribution in [0.3, 0.4) is 0 Å². The van der Waals surface area contributed by atoms with Gasteiger partial charge in [-0.2, -0.15) is 0 Å². The third-order valence-electron chi connectivity index (χ3n) is 12.7. The second-order valence-corrected chi connectivity index (χ2v) is 16.6. The van der Waals surface area contributed by atoms with Crippen molar-refractivity contribution < 1.29 is 0 Å².